The molecule has 1 aromatic heterocycles. The Kier molecular flexibility index (Phi) is 5.33. The van der Waals surface area contributed by atoms with E-state index in [4.69, 9.17) is 9.26 Å². The third-order valence-electron chi connectivity index (χ3n) is 4.39. The van der Waals surface area contributed by atoms with Crippen LogP contribution in [0, 0.1) is 5.41 Å². The van der Waals surface area contributed by atoms with E-state index in [1.165, 1.54) is 0 Å². The number of hydrogen-bond donors (Lipinski definition) is 1. The van der Waals surface area contributed by atoms with Crippen LogP contribution in [0.4, 0.5) is 0 Å². The van der Waals surface area contributed by atoms with E-state index in [-0.39, 0.29) is 6.10 Å². The lowest BCUT2D eigenvalue weighted by Crippen LogP contribution is -2.33. The summed E-state index contributed by atoms with van der Waals surface area (Å²) in [6, 6.07) is 0. The zero-order chi connectivity index (χ0) is 15.3. The molecule has 0 radical (unpaired) electrons. The third kappa shape index (κ3) is 4.03. The van der Waals surface area contributed by atoms with Gasteiger partial charge in [-0.3, -0.25) is 4.79 Å². The molecule has 1 fully saturated rings. The van der Waals surface area contributed by atoms with Crippen LogP contribution in [0.2, 0.25) is 0 Å². The second kappa shape index (κ2) is 7.02. The SMILES string of the molecule is COC(C)Cc1noc(CC2(C(=O)O)CCCCCC2)n1. The highest BCUT2D eigenvalue weighted by Gasteiger charge is 2.40. The van der Waals surface area contributed by atoms with Crippen LogP contribution in [-0.4, -0.2) is 34.4 Å². The molecule has 0 saturated heterocycles. The summed E-state index contributed by atoms with van der Waals surface area (Å²) >= 11 is 0. The van der Waals surface area contributed by atoms with Gasteiger partial charge in [-0.25, -0.2) is 0 Å². The van der Waals surface area contributed by atoms with E-state index >= 15 is 0 Å². The van der Waals surface area contributed by atoms with Gasteiger partial charge < -0.3 is 14.4 Å². The van der Waals surface area contributed by atoms with Crippen molar-refractivity contribution in [3.05, 3.63) is 11.7 Å². The molecule has 1 aromatic rings. The molecule has 1 N–H and O–H groups in total. The largest absolute Gasteiger partial charge is 0.481 e. The van der Waals surface area contributed by atoms with Crippen molar-refractivity contribution in [1.29, 1.82) is 0 Å². The van der Waals surface area contributed by atoms with E-state index in [0.717, 1.165) is 25.7 Å². The van der Waals surface area contributed by atoms with Gasteiger partial charge in [-0.05, 0) is 19.8 Å². The monoisotopic (exact) mass is 296 g/mol. The summed E-state index contributed by atoms with van der Waals surface area (Å²) in [6.07, 6.45) is 6.41. The molecule has 1 aliphatic carbocycles. The molecule has 2 rings (SSSR count). The van der Waals surface area contributed by atoms with Crippen LogP contribution in [0.1, 0.15) is 57.2 Å². The maximum atomic E-state index is 11.8. The van der Waals surface area contributed by atoms with Crippen molar-refractivity contribution in [3.8, 4) is 0 Å². The van der Waals surface area contributed by atoms with Gasteiger partial charge in [-0.15, -0.1) is 0 Å². The smallest absolute Gasteiger partial charge is 0.310 e. The number of hydrogen-bond acceptors (Lipinski definition) is 5. The summed E-state index contributed by atoms with van der Waals surface area (Å²) < 4.78 is 10.4. The van der Waals surface area contributed by atoms with Crippen LogP contribution < -0.4 is 0 Å². The predicted octanol–water partition coefficient (Wildman–Crippen LogP) is 2.61. The number of aliphatic carboxylic acids is 1. The molecule has 21 heavy (non-hydrogen) atoms. The molecule has 1 aliphatic rings. The number of carbonyl (C=O) groups is 1. The fourth-order valence-corrected chi connectivity index (χ4v) is 2.95. The van der Waals surface area contributed by atoms with Gasteiger partial charge in [0, 0.05) is 20.0 Å². The average Bonchev–Trinajstić information content (AvgIpc) is 2.73. The summed E-state index contributed by atoms with van der Waals surface area (Å²) in [5, 5.41) is 13.6. The molecule has 0 aliphatic heterocycles. The van der Waals surface area contributed by atoms with Gasteiger partial charge in [0.25, 0.3) is 0 Å². The van der Waals surface area contributed by atoms with E-state index in [1.54, 1.807) is 7.11 Å². The van der Waals surface area contributed by atoms with Gasteiger partial charge in [0.2, 0.25) is 5.89 Å². The summed E-state index contributed by atoms with van der Waals surface area (Å²) in [7, 11) is 1.64. The number of rotatable bonds is 6. The minimum atomic E-state index is -0.743. The fraction of sp³-hybridized carbons (Fsp3) is 0.800. The van der Waals surface area contributed by atoms with Crippen molar-refractivity contribution >= 4 is 5.97 Å². The van der Waals surface area contributed by atoms with Crippen LogP contribution in [0.15, 0.2) is 4.52 Å². The first-order valence-corrected chi connectivity index (χ1v) is 7.63. The molecule has 1 atom stereocenters. The maximum Gasteiger partial charge on any atom is 0.310 e. The van der Waals surface area contributed by atoms with Gasteiger partial charge in [-0.2, -0.15) is 4.98 Å². The lowest BCUT2D eigenvalue weighted by molar-refractivity contribution is -0.150. The molecule has 0 spiro atoms. The molecular weight excluding hydrogens is 272 g/mol. The Balaban J connectivity index is 2.08. The summed E-state index contributed by atoms with van der Waals surface area (Å²) in [6.45, 7) is 1.93. The maximum absolute atomic E-state index is 11.8. The van der Waals surface area contributed by atoms with Gasteiger partial charge in [0.15, 0.2) is 5.82 Å². The molecule has 6 heteroatoms. The minimum absolute atomic E-state index is 0.0155. The standard InChI is InChI=1S/C15H24N2O4/c1-11(20-2)9-12-16-13(21-17-12)10-15(14(18)19)7-5-3-4-6-8-15/h11H,3-10H2,1-2H3,(H,18,19). The summed E-state index contributed by atoms with van der Waals surface area (Å²) in [5.74, 6) is 0.264. The molecule has 118 valence electrons. The summed E-state index contributed by atoms with van der Waals surface area (Å²) in [4.78, 5) is 16.1. The molecule has 0 aromatic carbocycles. The average molecular weight is 296 g/mol. The second-order valence-corrected chi connectivity index (χ2v) is 6.03. The highest BCUT2D eigenvalue weighted by Crippen LogP contribution is 2.38. The Morgan fingerprint density at radius 3 is 2.62 bits per heavy atom. The van der Waals surface area contributed by atoms with Crippen LogP contribution >= 0.6 is 0 Å². The molecule has 1 heterocycles. The lowest BCUT2D eigenvalue weighted by Gasteiger charge is -2.26. The number of aromatic nitrogens is 2. The van der Waals surface area contributed by atoms with Crippen molar-refractivity contribution in [2.45, 2.75) is 64.4 Å². The van der Waals surface area contributed by atoms with Crippen molar-refractivity contribution in [3.63, 3.8) is 0 Å². The van der Waals surface area contributed by atoms with Gasteiger partial charge in [-0.1, -0.05) is 30.8 Å². The quantitative estimate of drug-likeness (QED) is 0.812. The Bertz CT molecular complexity index is 464. The topological polar surface area (TPSA) is 85.5 Å². The van der Waals surface area contributed by atoms with Crippen LogP contribution in [-0.2, 0) is 22.4 Å². The van der Waals surface area contributed by atoms with Crippen molar-refractivity contribution in [2.24, 2.45) is 5.41 Å². The first-order chi connectivity index (χ1) is 10.1. The zero-order valence-corrected chi connectivity index (χ0v) is 12.8. The normalized spacial score (nSPS) is 19.9. The van der Waals surface area contributed by atoms with E-state index in [9.17, 15) is 9.90 Å². The Morgan fingerprint density at radius 1 is 1.38 bits per heavy atom. The lowest BCUT2D eigenvalue weighted by atomic mass is 9.77. The van der Waals surface area contributed by atoms with Gasteiger partial charge in [0.05, 0.1) is 11.5 Å². The number of carboxylic acids is 1. The highest BCUT2D eigenvalue weighted by atomic mass is 16.5. The second-order valence-electron chi connectivity index (χ2n) is 6.03. The first kappa shape index (κ1) is 15.9. The van der Waals surface area contributed by atoms with Crippen LogP contribution in [0.25, 0.3) is 0 Å². The molecule has 1 saturated carbocycles. The van der Waals surface area contributed by atoms with Gasteiger partial charge in [0.1, 0.15) is 0 Å². The molecular formula is C15H24N2O4. The Morgan fingerprint density at radius 2 is 2.05 bits per heavy atom. The number of ether oxygens (including phenoxy) is 1. The van der Waals surface area contributed by atoms with E-state index in [1.807, 2.05) is 6.92 Å². The van der Waals surface area contributed by atoms with Crippen molar-refractivity contribution < 1.29 is 19.2 Å². The fourth-order valence-electron chi connectivity index (χ4n) is 2.95. The zero-order valence-electron chi connectivity index (χ0n) is 12.8. The number of methoxy groups -OCH3 is 1. The Hall–Kier alpha value is -1.43. The van der Waals surface area contributed by atoms with Crippen LogP contribution in [0.5, 0.6) is 0 Å². The van der Waals surface area contributed by atoms with Crippen molar-refractivity contribution in [1.82, 2.24) is 10.1 Å². The molecule has 6 nitrogen and oxygen atoms in total. The highest BCUT2D eigenvalue weighted by molar-refractivity contribution is 5.74. The van der Waals surface area contributed by atoms with E-state index in [0.29, 0.717) is 37.4 Å². The first-order valence-electron chi connectivity index (χ1n) is 7.63. The third-order valence-corrected chi connectivity index (χ3v) is 4.39. The number of carboxylic acid groups (broad SMARTS) is 1. The molecule has 1 unspecified atom stereocenters. The minimum Gasteiger partial charge on any atom is -0.481 e. The van der Waals surface area contributed by atoms with E-state index < -0.39 is 11.4 Å². The molecule has 0 bridgehead atoms. The molecule has 0 amide bonds. The summed E-state index contributed by atoms with van der Waals surface area (Å²) in [5.41, 5.74) is -0.743. The van der Waals surface area contributed by atoms with Crippen LogP contribution in [0.3, 0.4) is 0 Å². The Labute approximate surface area is 124 Å². The predicted molar refractivity (Wildman–Crippen MR) is 75.9 cm³/mol. The number of nitrogens with zero attached hydrogens (tertiary/aromatic N) is 2. The van der Waals surface area contributed by atoms with Gasteiger partial charge >= 0.3 is 5.97 Å². The van der Waals surface area contributed by atoms with Crippen molar-refractivity contribution in [2.75, 3.05) is 7.11 Å². The van der Waals surface area contributed by atoms with E-state index in [2.05, 4.69) is 10.1 Å².